The number of ether oxygens (including phenoxy) is 1. The zero-order valence-electron chi connectivity index (χ0n) is 17.6. The minimum Gasteiger partial charge on any atom is -0.437 e. The lowest BCUT2D eigenvalue weighted by Crippen LogP contribution is -2.49. The molecule has 0 spiro atoms. The third-order valence-corrected chi connectivity index (χ3v) is 6.96. The van der Waals surface area contributed by atoms with Crippen LogP contribution in [0.3, 0.4) is 0 Å². The molecule has 0 radical (unpaired) electrons. The first-order valence-electron chi connectivity index (χ1n) is 10.5. The van der Waals surface area contributed by atoms with Gasteiger partial charge in [0.05, 0.1) is 12.1 Å². The summed E-state index contributed by atoms with van der Waals surface area (Å²) in [5.74, 6) is -0.258. The summed E-state index contributed by atoms with van der Waals surface area (Å²) in [6.07, 6.45) is 0.0732. The molecule has 1 aliphatic rings. The van der Waals surface area contributed by atoms with Gasteiger partial charge in [-0.1, -0.05) is 42.5 Å². The van der Waals surface area contributed by atoms with Gasteiger partial charge in [0, 0.05) is 24.3 Å². The molecule has 1 aromatic heterocycles. The molecule has 0 saturated carbocycles. The average molecular weight is 440 g/mol. The van der Waals surface area contributed by atoms with Crippen molar-refractivity contribution in [3.05, 3.63) is 82.3 Å². The van der Waals surface area contributed by atoms with Crippen molar-refractivity contribution in [1.82, 2.24) is 4.90 Å². The van der Waals surface area contributed by atoms with E-state index in [1.165, 1.54) is 12.1 Å². The molecule has 1 N–H and O–H groups in total. The second-order valence-electron chi connectivity index (χ2n) is 8.14. The van der Waals surface area contributed by atoms with Gasteiger partial charge >= 0.3 is 6.09 Å². The molecule has 1 aliphatic heterocycles. The number of aliphatic hydroxyl groups excluding tert-OH is 1. The van der Waals surface area contributed by atoms with Crippen molar-refractivity contribution >= 4 is 17.4 Å². The van der Waals surface area contributed by atoms with E-state index >= 15 is 0 Å². The highest BCUT2D eigenvalue weighted by atomic mass is 32.1. The molecule has 3 aromatic rings. The number of thiophene rings is 1. The first-order valence-corrected chi connectivity index (χ1v) is 11.3. The van der Waals surface area contributed by atoms with Crippen LogP contribution in [0.1, 0.15) is 43.2 Å². The van der Waals surface area contributed by atoms with Crippen LogP contribution in [0.25, 0.3) is 11.1 Å². The van der Waals surface area contributed by atoms with Crippen LogP contribution in [0, 0.1) is 5.82 Å². The molecule has 31 heavy (non-hydrogen) atoms. The first-order chi connectivity index (χ1) is 14.9. The summed E-state index contributed by atoms with van der Waals surface area (Å²) >= 11 is 1.55. The van der Waals surface area contributed by atoms with Crippen molar-refractivity contribution in [2.24, 2.45) is 0 Å². The Morgan fingerprint density at radius 2 is 1.74 bits per heavy atom. The van der Waals surface area contributed by atoms with Gasteiger partial charge in [0.1, 0.15) is 5.82 Å². The molecular formula is C25H26FNO3S. The van der Waals surface area contributed by atoms with Gasteiger partial charge in [-0.3, -0.25) is 0 Å². The van der Waals surface area contributed by atoms with Gasteiger partial charge in [0.15, 0.2) is 5.60 Å². The lowest BCUT2D eigenvalue weighted by atomic mass is 9.89. The van der Waals surface area contributed by atoms with E-state index in [-0.39, 0.29) is 18.0 Å². The Morgan fingerprint density at radius 1 is 1.10 bits per heavy atom. The number of benzene rings is 2. The number of cyclic esters (lactones) is 1. The van der Waals surface area contributed by atoms with Crippen LogP contribution in [0.4, 0.5) is 9.18 Å². The van der Waals surface area contributed by atoms with Gasteiger partial charge in [0.2, 0.25) is 0 Å². The van der Waals surface area contributed by atoms with E-state index in [1.807, 2.05) is 48.7 Å². The highest BCUT2D eigenvalue weighted by molar-refractivity contribution is 7.10. The zero-order chi connectivity index (χ0) is 22.0. The Balaban J connectivity index is 1.50. The summed E-state index contributed by atoms with van der Waals surface area (Å²) < 4.78 is 19.2. The third-order valence-electron chi connectivity index (χ3n) is 5.91. The van der Waals surface area contributed by atoms with E-state index in [9.17, 15) is 14.3 Å². The maximum atomic E-state index is 13.2. The van der Waals surface area contributed by atoms with E-state index in [0.29, 0.717) is 19.4 Å². The number of hydrogen-bond acceptors (Lipinski definition) is 4. The molecule has 162 valence electrons. The molecule has 1 fully saturated rings. The summed E-state index contributed by atoms with van der Waals surface area (Å²) in [5.41, 5.74) is 2.16. The van der Waals surface area contributed by atoms with Crippen LogP contribution in [0.5, 0.6) is 0 Å². The topological polar surface area (TPSA) is 49.8 Å². The van der Waals surface area contributed by atoms with Crippen molar-refractivity contribution in [3.63, 3.8) is 0 Å². The fraction of sp³-hybridized carbons (Fsp3) is 0.320. The van der Waals surface area contributed by atoms with Gasteiger partial charge in [-0.2, -0.15) is 0 Å². The van der Waals surface area contributed by atoms with E-state index in [2.05, 4.69) is 0 Å². The van der Waals surface area contributed by atoms with Gasteiger partial charge in [0.25, 0.3) is 0 Å². The summed E-state index contributed by atoms with van der Waals surface area (Å²) in [5, 5.41) is 12.0. The number of amides is 1. The van der Waals surface area contributed by atoms with Crippen LogP contribution < -0.4 is 0 Å². The third kappa shape index (κ3) is 4.50. The van der Waals surface area contributed by atoms with Crippen molar-refractivity contribution in [3.8, 4) is 11.1 Å². The summed E-state index contributed by atoms with van der Waals surface area (Å²) in [4.78, 5) is 15.7. The fourth-order valence-electron chi connectivity index (χ4n) is 4.23. The van der Waals surface area contributed by atoms with Gasteiger partial charge in [-0.25, -0.2) is 9.18 Å². The number of hydrogen-bond donors (Lipinski definition) is 1. The number of halogens is 1. The molecule has 0 unspecified atom stereocenters. The Labute approximate surface area is 185 Å². The SMILES string of the molecule is C[C@H](O)C[C@]1(c2cccs2)CCN([C@H](C)c2ccc(-c3ccc(F)cc3)cc2)C(=O)O1. The predicted octanol–water partition coefficient (Wildman–Crippen LogP) is 6.12. The number of nitrogens with zero attached hydrogens (tertiary/aromatic N) is 1. The van der Waals surface area contributed by atoms with E-state index < -0.39 is 11.7 Å². The molecule has 2 heterocycles. The molecule has 2 aromatic carbocycles. The largest absolute Gasteiger partial charge is 0.437 e. The van der Waals surface area contributed by atoms with Crippen molar-refractivity contribution in [1.29, 1.82) is 0 Å². The van der Waals surface area contributed by atoms with E-state index in [0.717, 1.165) is 21.6 Å². The smallest absolute Gasteiger partial charge is 0.411 e. The predicted molar refractivity (Wildman–Crippen MR) is 120 cm³/mol. The second kappa shape index (κ2) is 8.81. The molecule has 0 aliphatic carbocycles. The molecule has 4 nitrogen and oxygen atoms in total. The molecule has 0 bridgehead atoms. The molecule has 1 amide bonds. The van der Waals surface area contributed by atoms with Crippen LogP contribution in [0.2, 0.25) is 0 Å². The number of carbonyl (C=O) groups excluding carboxylic acids is 1. The average Bonchev–Trinajstić information content (AvgIpc) is 3.29. The standard InChI is InChI=1S/C25H26FNO3S/c1-17(28)16-25(23-4-3-15-31-23)13-14-27(24(29)30-25)18(2)19-5-7-20(8-6-19)21-9-11-22(26)12-10-21/h3-12,15,17-18,28H,13-14,16H2,1-2H3/t17-,18+,25-/m0/s1. The minimum absolute atomic E-state index is 0.150. The zero-order valence-corrected chi connectivity index (χ0v) is 18.4. The van der Waals surface area contributed by atoms with E-state index in [1.54, 1.807) is 35.3 Å². The highest BCUT2D eigenvalue weighted by Crippen LogP contribution is 2.42. The first kappa shape index (κ1) is 21.5. The summed E-state index contributed by atoms with van der Waals surface area (Å²) in [7, 11) is 0. The normalized spacial score (nSPS) is 20.9. The second-order valence-corrected chi connectivity index (χ2v) is 9.09. The monoisotopic (exact) mass is 439 g/mol. The Bertz CT molecular complexity index is 1020. The molecule has 3 atom stereocenters. The van der Waals surface area contributed by atoms with Gasteiger partial charge in [-0.05, 0) is 54.1 Å². The lowest BCUT2D eigenvalue weighted by molar-refractivity contribution is -0.0794. The molecule has 1 saturated heterocycles. The van der Waals surface area contributed by atoms with Crippen LogP contribution in [0.15, 0.2) is 66.0 Å². The van der Waals surface area contributed by atoms with Crippen molar-refractivity contribution < 1.29 is 19.0 Å². The number of carbonyl (C=O) groups is 1. The molecule has 6 heteroatoms. The van der Waals surface area contributed by atoms with Crippen LogP contribution in [-0.2, 0) is 10.3 Å². The number of rotatable bonds is 6. The maximum Gasteiger partial charge on any atom is 0.411 e. The van der Waals surface area contributed by atoms with Gasteiger partial charge < -0.3 is 14.7 Å². The van der Waals surface area contributed by atoms with Crippen LogP contribution >= 0.6 is 11.3 Å². The lowest BCUT2D eigenvalue weighted by Gasteiger charge is -2.43. The Kier molecular flexibility index (Phi) is 6.12. The van der Waals surface area contributed by atoms with Crippen LogP contribution in [-0.4, -0.2) is 28.7 Å². The molecular weight excluding hydrogens is 413 g/mol. The quantitative estimate of drug-likeness (QED) is 0.503. The minimum atomic E-state index is -0.776. The van der Waals surface area contributed by atoms with Crippen molar-refractivity contribution in [2.45, 2.75) is 44.4 Å². The summed E-state index contributed by atoms with van der Waals surface area (Å²) in [6.45, 7) is 4.26. The Morgan fingerprint density at radius 3 is 2.29 bits per heavy atom. The maximum absolute atomic E-state index is 13.2. The van der Waals surface area contributed by atoms with Crippen molar-refractivity contribution in [2.75, 3.05) is 6.54 Å². The summed E-state index contributed by atoms with van der Waals surface area (Å²) in [6, 6.07) is 18.1. The van der Waals surface area contributed by atoms with E-state index in [4.69, 9.17) is 4.74 Å². The van der Waals surface area contributed by atoms with Gasteiger partial charge in [-0.15, -0.1) is 11.3 Å². The molecule has 4 rings (SSSR count). The number of aliphatic hydroxyl groups is 1. The fourth-order valence-corrected chi connectivity index (χ4v) is 5.13. The highest BCUT2D eigenvalue weighted by Gasteiger charge is 2.44. The Hall–Kier alpha value is -2.70.